The lowest BCUT2D eigenvalue weighted by molar-refractivity contribution is -0.159. The highest BCUT2D eigenvalue weighted by molar-refractivity contribution is 5.84. The molecule has 1 aliphatic rings. The van der Waals surface area contributed by atoms with Gasteiger partial charge in [-0.05, 0) is 19.8 Å². The van der Waals surface area contributed by atoms with Gasteiger partial charge in [0.1, 0.15) is 12.1 Å². The Bertz CT molecular complexity index is 356. The molecule has 122 valence electrons. The minimum absolute atomic E-state index is 0.0228. The van der Waals surface area contributed by atoms with Crippen LogP contribution < -0.4 is 0 Å². The van der Waals surface area contributed by atoms with Gasteiger partial charge in [-0.2, -0.15) is 0 Å². The maximum absolute atomic E-state index is 11.9. The van der Waals surface area contributed by atoms with Crippen molar-refractivity contribution in [2.45, 2.75) is 65.5 Å². The molecule has 21 heavy (non-hydrogen) atoms. The molecule has 0 aromatic rings. The first-order valence-corrected chi connectivity index (χ1v) is 7.41. The Labute approximate surface area is 126 Å². The zero-order chi connectivity index (χ0) is 16.4. The van der Waals surface area contributed by atoms with Crippen molar-refractivity contribution >= 4 is 17.8 Å². The fourth-order valence-corrected chi connectivity index (χ4v) is 2.03. The first kappa shape index (κ1) is 19.4. The topological polar surface area (TPSA) is 72.9 Å². The van der Waals surface area contributed by atoms with Gasteiger partial charge in [-0.3, -0.25) is 9.59 Å². The number of carbonyl (C=O) groups excluding carboxylic acids is 3. The van der Waals surface area contributed by atoms with E-state index in [9.17, 15) is 14.4 Å². The summed E-state index contributed by atoms with van der Waals surface area (Å²) in [6.07, 6.45) is 2.14. The molecule has 0 bridgehead atoms. The van der Waals surface area contributed by atoms with Gasteiger partial charge in [0, 0.05) is 13.5 Å². The number of esters is 2. The van der Waals surface area contributed by atoms with Crippen molar-refractivity contribution in [3.8, 4) is 0 Å². The van der Waals surface area contributed by atoms with E-state index >= 15 is 0 Å². The molecule has 0 spiro atoms. The zero-order valence-corrected chi connectivity index (χ0v) is 13.7. The molecule has 1 saturated heterocycles. The molecule has 2 atom stereocenters. The lowest BCUT2D eigenvalue weighted by Crippen LogP contribution is -2.41. The van der Waals surface area contributed by atoms with Gasteiger partial charge in [-0.25, -0.2) is 4.79 Å². The van der Waals surface area contributed by atoms with Crippen LogP contribution in [0.15, 0.2) is 0 Å². The third-order valence-electron chi connectivity index (χ3n) is 2.93. The predicted octanol–water partition coefficient (Wildman–Crippen LogP) is 1.91. The van der Waals surface area contributed by atoms with Crippen LogP contribution in [0.5, 0.6) is 0 Å². The van der Waals surface area contributed by atoms with Crippen LogP contribution >= 0.6 is 0 Å². The Balaban J connectivity index is 0.00000122. The van der Waals surface area contributed by atoms with Crippen LogP contribution in [0.3, 0.4) is 0 Å². The van der Waals surface area contributed by atoms with E-state index in [0.29, 0.717) is 13.0 Å². The number of rotatable bonds is 4. The lowest BCUT2D eigenvalue weighted by atomic mass is 10.2. The van der Waals surface area contributed by atoms with Gasteiger partial charge < -0.3 is 14.4 Å². The summed E-state index contributed by atoms with van der Waals surface area (Å²) in [5, 5.41) is 0. The summed E-state index contributed by atoms with van der Waals surface area (Å²) in [5.41, 5.74) is 0. The number of methoxy groups -OCH3 is 1. The van der Waals surface area contributed by atoms with Crippen LogP contribution in [0.4, 0.5) is 0 Å². The maximum Gasteiger partial charge on any atom is 0.329 e. The second-order valence-corrected chi connectivity index (χ2v) is 5.11. The molecule has 1 rings (SSSR count). The average molecular weight is 301 g/mol. The molecule has 6 nitrogen and oxygen atoms in total. The molecule has 0 aliphatic carbocycles. The Morgan fingerprint density at radius 2 is 1.86 bits per heavy atom. The van der Waals surface area contributed by atoms with E-state index in [1.807, 2.05) is 0 Å². The zero-order valence-electron chi connectivity index (χ0n) is 13.7. The third kappa shape index (κ3) is 7.11. The predicted molar refractivity (Wildman–Crippen MR) is 78.6 cm³/mol. The Hall–Kier alpha value is -1.59. The highest BCUT2D eigenvalue weighted by Crippen LogP contribution is 2.19. The molecule has 0 aromatic heterocycles. The second-order valence-electron chi connectivity index (χ2n) is 5.11. The molecule has 0 saturated carbocycles. The van der Waals surface area contributed by atoms with Crippen LogP contribution in [0.25, 0.3) is 0 Å². The van der Waals surface area contributed by atoms with Crippen molar-refractivity contribution in [1.29, 1.82) is 0 Å². The normalized spacial score (nSPS) is 18.3. The van der Waals surface area contributed by atoms with Crippen LogP contribution in [0, 0.1) is 0 Å². The molecule has 6 heteroatoms. The van der Waals surface area contributed by atoms with E-state index in [4.69, 9.17) is 4.74 Å². The van der Waals surface area contributed by atoms with Gasteiger partial charge >= 0.3 is 11.9 Å². The van der Waals surface area contributed by atoms with E-state index in [-0.39, 0.29) is 12.3 Å². The Morgan fingerprint density at radius 3 is 2.33 bits per heavy atom. The minimum atomic E-state index is -0.542. The Kier molecular flexibility index (Phi) is 9.41. The average Bonchev–Trinajstić information content (AvgIpc) is 2.88. The molecule has 2 unspecified atom stereocenters. The summed E-state index contributed by atoms with van der Waals surface area (Å²) < 4.78 is 9.65. The first-order chi connectivity index (χ1) is 9.87. The van der Waals surface area contributed by atoms with Crippen LogP contribution in [0.2, 0.25) is 0 Å². The molecule has 0 radical (unpaired) electrons. The lowest BCUT2D eigenvalue weighted by Gasteiger charge is -2.23. The van der Waals surface area contributed by atoms with Gasteiger partial charge in [-0.1, -0.05) is 20.3 Å². The standard InChI is InChI=1S/C12H19NO5.C3H8/c1-8(7-11(15)17-3)18-12(16)10-5-4-6-13(10)9(2)14;1-3-2/h8,10H,4-7H2,1-3H3;3H2,1-2H3. The maximum atomic E-state index is 11.9. The van der Waals surface area contributed by atoms with E-state index in [0.717, 1.165) is 6.42 Å². The van der Waals surface area contributed by atoms with Crippen molar-refractivity contribution in [1.82, 2.24) is 4.90 Å². The summed E-state index contributed by atoms with van der Waals surface area (Å²) in [4.78, 5) is 35.7. The van der Waals surface area contributed by atoms with Gasteiger partial charge in [0.2, 0.25) is 5.91 Å². The summed E-state index contributed by atoms with van der Waals surface area (Å²) in [6.45, 7) is 7.89. The first-order valence-electron chi connectivity index (χ1n) is 7.41. The SMILES string of the molecule is CCC.COC(=O)CC(C)OC(=O)C1CCCN1C(C)=O. The minimum Gasteiger partial charge on any atom is -0.469 e. The molecule has 1 aliphatic heterocycles. The van der Waals surface area contributed by atoms with Crippen molar-refractivity contribution in [3.63, 3.8) is 0 Å². The van der Waals surface area contributed by atoms with Gasteiger partial charge in [0.15, 0.2) is 0 Å². The summed E-state index contributed by atoms with van der Waals surface area (Å²) >= 11 is 0. The molecule has 0 aromatic carbocycles. The summed E-state index contributed by atoms with van der Waals surface area (Å²) in [7, 11) is 1.28. The van der Waals surface area contributed by atoms with Crippen molar-refractivity contribution < 1.29 is 23.9 Å². The molecule has 1 amide bonds. The third-order valence-corrected chi connectivity index (χ3v) is 2.93. The van der Waals surface area contributed by atoms with E-state index in [1.54, 1.807) is 6.92 Å². The van der Waals surface area contributed by atoms with Crippen LogP contribution in [-0.4, -0.2) is 48.5 Å². The number of ether oxygens (including phenoxy) is 2. The molecular formula is C15H27NO5. The highest BCUT2D eigenvalue weighted by atomic mass is 16.6. The van der Waals surface area contributed by atoms with Crippen molar-refractivity contribution in [2.24, 2.45) is 0 Å². The molecule has 1 fully saturated rings. The van der Waals surface area contributed by atoms with E-state index in [1.165, 1.54) is 25.4 Å². The summed E-state index contributed by atoms with van der Waals surface area (Å²) in [5.74, 6) is -1.00. The molecule has 1 heterocycles. The number of nitrogens with zero attached hydrogens (tertiary/aromatic N) is 1. The van der Waals surface area contributed by atoms with Crippen LogP contribution in [0.1, 0.15) is 53.4 Å². The van der Waals surface area contributed by atoms with E-state index in [2.05, 4.69) is 18.6 Å². The fourth-order valence-electron chi connectivity index (χ4n) is 2.03. The fraction of sp³-hybridized carbons (Fsp3) is 0.800. The summed E-state index contributed by atoms with van der Waals surface area (Å²) in [6, 6.07) is -0.511. The van der Waals surface area contributed by atoms with Gasteiger partial charge in [-0.15, -0.1) is 0 Å². The number of amides is 1. The van der Waals surface area contributed by atoms with Gasteiger partial charge in [0.25, 0.3) is 0 Å². The largest absolute Gasteiger partial charge is 0.469 e. The second kappa shape index (κ2) is 10.2. The number of hydrogen-bond acceptors (Lipinski definition) is 5. The number of likely N-dealkylation sites (tertiary alicyclic amines) is 1. The molecule has 0 N–H and O–H groups in total. The number of hydrogen-bond donors (Lipinski definition) is 0. The smallest absolute Gasteiger partial charge is 0.329 e. The highest BCUT2D eigenvalue weighted by Gasteiger charge is 2.34. The molecular weight excluding hydrogens is 274 g/mol. The van der Waals surface area contributed by atoms with E-state index < -0.39 is 24.1 Å². The Morgan fingerprint density at radius 1 is 1.29 bits per heavy atom. The van der Waals surface area contributed by atoms with Crippen molar-refractivity contribution in [3.05, 3.63) is 0 Å². The monoisotopic (exact) mass is 301 g/mol. The number of carbonyl (C=O) groups is 3. The van der Waals surface area contributed by atoms with Crippen molar-refractivity contribution in [2.75, 3.05) is 13.7 Å². The van der Waals surface area contributed by atoms with Gasteiger partial charge in [0.05, 0.1) is 13.5 Å². The quantitative estimate of drug-likeness (QED) is 0.742. The van der Waals surface area contributed by atoms with Crippen LogP contribution in [-0.2, 0) is 23.9 Å².